The maximum atomic E-state index is 11.3. The predicted octanol–water partition coefficient (Wildman–Crippen LogP) is 3.83. The first kappa shape index (κ1) is 13.9. The van der Waals surface area contributed by atoms with E-state index in [1.54, 1.807) is 0 Å². The lowest BCUT2D eigenvalue weighted by Crippen LogP contribution is -2.10. The van der Waals surface area contributed by atoms with E-state index in [2.05, 4.69) is 62.4 Å². The Hall–Kier alpha value is -2.01. The van der Waals surface area contributed by atoms with Gasteiger partial charge in [-0.3, -0.25) is 0 Å². The van der Waals surface area contributed by atoms with E-state index in [-0.39, 0.29) is 5.69 Å². The van der Waals surface area contributed by atoms with Crippen LogP contribution in [-0.4, -0.2) is 16.5 Å². The largest absolute Gasteiger partial charge is 0.383 e. The molecule has 3 aromatic rings. The van der Waals surface area contributed by atoms with Crippen LogP contribution in [0.25, 0.3) is 11.0 Å². The molecule has 3 N–H and O–H groups in total. The van der Waals surface area contributed by atoms with E-state index >= 15 is 0 Å². The zero-order chi connectivity index (χ0) is 14.8. The number of imidazole rings is 1. The fourth-order valence-corrected chi connectivity index (χ4v) is 2.84. The topological polar surface area (TPSA) is 60.7 Å². The number of H-pyrrole nitrogens is 2. The molecule has 2 aromatic carbocycles. The van der Waals surface area contributed by atoms with Crippen molar-refractivity contribution in [2.24, 2.45) is 0 Å². The van der Waals surface area contributed by atoms with E-state index in [0.29, 0.717) is 5.92 Å². The Kier molecular flexibility index (Phi) is 3.84. The van der Waals surface area contributed by atoms with Crippen LogP contribution in [0.15, 0.2) is 51.7 Å². The minimum Gasteiger partial charge on any atom is -0.383 e. The molecule has 0 amide bonds. The van der Waals surface area contributed by atoms with Gasteiger partial charge in [0.2, 0.25) is 0 Å². The first-order valence-corrected chi connectivity index (χ1v) is 7.63. The molecule has 1 atom stereocenters. The number of nitrogens with one attached hydrogen (secondary N) is 3. The van der Waals surface area contributed by atoms with Crippen LogP contribution in [0.2, 0.25) is 0 Å². The van der Waals surface area contributed by atoms with E-state index in [0.717, 1.165) is 27.7 Å². The number of rotatable bonds is 4. The summed E-state index contributed by atoms with van der Waals surface area (Å²) in [6.07, 6.45) is 0. The van der Waals surface area contributed by atoms with Gasteiger partial charge in [0, 0.05) is 11.0 Å². The molecular formula is C16H16BrN3O. The molecule has 3 rings (SSSR count). The summed E-state index contributed by atoms with van der Waals surface area (Å²) in [6, 6.07) is 14.2. The molecule has 0 spiro atoms. The number of benzene rings is 2. The molecule has 1 heterocycles. The molecule has 0 fully saturated rings. The van der Waals surface area contributed by atoms with E-state index in [4.69, 9.17) is 0 Å². The quantitative estimate of drug-likeness (QED) is 0.672. The summed E-state index contributed by atoms with van der Waals surface area (Å²) in [5, 5.41) is 3.43. The average molecular weight is 346 g/mol. The van der Waals surface area contributed by atoms with Crippen molar-refractivity contribution in [3.63, 3.8) is 0 Å². The van der Waals surface area contributed by atoms with E-state index < -0.39 is 0 Å². The molecule has 1 unspecified atom stereocenters. The summed E-state index contributed by atoms with van der Waals surface area (Å²) >= 11 is 3.53. The van der Waals surface area contributed by atoms with Crippen molar-refractivity contribution in [2.45, 2.75) is 12.8 Å². The highest BCUT2D eigenvalue weighted by molar-refractivity contribution is 9.10. The van der Waals surface area contributed by atoms with Crippen molar-refractivity contribution in [3.8, 4) is 0 Å². The molecule has 1 aromatic heterocycles. The molecule has 0 saturated carbocycles. The Bertz CT molecular complexity index is 807. The molecule has 0 saturated heterocycles. The Morgan fingerprint density at radius 2 is 1.81 bits per heavy atom. The number of fused-ring (bicyclic) bond motifs is 1. The highest BCUT2D eigenvalue weighted by atomic mass is 79.9. The van der Waals surface area contributed by atoms with Gasteiger partial charge in [0.15, 0.2) is 0 Å². The Morgan fingerprint density at radius 3 is 2.52 bits per heavy atom. The number of aromatic nitrogens is 2. The molecule has 0 aliphatic rings. The second-order valence-corrected chi connectivity index (χ2v) is 6.00. The number of hydrogen-bond acceptors (Lipinski definition) is 2. The minimum absolute atomic E-state index is 0.188. The van der Waals surface area contributed by atoms with Crippen LogP contribution in [0.3, 0.4) is 0 Å². The predicted molar refractivity (Wildman–Crippen MR) is 90.0 cm³/mol. The van der Waals surface area contributed by atoms with Crippen LogP contribution >= 0.6 is 15.9 Å². The molecule has 108 valence electrons. The molecule has 0 aliphatic carbocycles. The summed E-state index contributed by atoms with van der Waals surface area (Å²) in [5.74, 6) is 0.402. The van der Waals surface area contributed by atoms with Gasteiger partial charge in [-0.2, -0.15) is 0 Å². The first-order chi connectivity index (χ1) is 10.1. The highest BCUT2D eigenvalue weighted by Crippen LogP contribution is 2.27. The van der Waals surface area contributed by atoms with Crippen LogP contribution < -0.4 is 11.0 Å². The van der Waals surface area contributed by atoms with Gasteiger partial charge < -0.3 is 15.3 Å². The Labute approximate surface area is 130 Å². The zero-order valence-corrected chi connectivity index (χ0v) is 13.2. The second kappa shape index (κ2) is 5.77. The van der Waals surface area contributed by atoms with Gasteiger partial charge in [0.25, 0.3) is 0 Å². The molecular weight excluding hydrogens is 330 g/mol. The van der Waals surface area contributed by atoms with Crippen molar-refractivity contribution >= 4 is 32.7 Å². The van der Waals surface area contributed by atoms with Gasteiger partial charge >= 0.3 is 5.69 Å². The monoisotopic (exact) mass is 345 g/mol. The summed E-state index contributed by atoms with van der Waals surface area (Å²) in [7, 11) is 0. The second-order valence-electron chi connectivity index (χ2n) is 5.15. The smallest absolute Gasteiger partial charge is 0.323 e. The number of aromatic amines is 2. The molecule has 21 heavy (non-hydrogen) atoms. The van der Waals surface area contributed by atoms with Gasteiger partial charge in [-0.1, -0.05) is 37.3 Å². The molecule has 0 radical (unpaired) electrons. The van der Waals surface area contributed by atoms with Crippen molar-refractivity contribution in [2.75, 3.05) is 11.9 Å². The standard InChI is InChI=1S/C16H16BrN3O/c1-10(11-5-3-2-4-6-11)9-18-13-8-15-14(7-12(13)17)19-16(21)20-15/h2-8,10,18H,9H2,1H3,(H2,19,20,21). The Morgan fingerprint density at radius 1 is 1.14 bits per heavy atom. The van der Waals surface area contributed by atoms with Crippen LogP contribution in [0.4, 0.5) is 5.69 Å². The van der Waals surface area contributed by atoms with Crippen LogP contribution in [0.1, 0.15) is 18.4 Å². The summed E-state index contributed by atoms with van der Waals surface area (Å²) in [4.78, 5) is 16.8. The van der Waals surface area contributed by atoms with Gasteiger partial charge in [0.05, 0.1) is 16.7 Å². The number of anilines is 1. The zero-order valence-electron chi connectivity index (χ0n) is 11.6. The van der Waals surface area contributed by atoms with Crippen molar-refractivity contribution in [1.82, 2.24) is 9.97 Å². The molecule has 0 aliphatic heterocycles. The fourth-order valence-electron chi connectivity index (χ4n) is 2.35. The number of halogens is 1. The Balaban J connectivity index is 1.78. The average Bonchev–Trinajstić information content (AvgIpc) is 2.84. The van der Waals surface area contributed by atoms with Crippen molar-refractivity contribution < 1.29 is 0 Å². The molecule has 4 nitrogen and oxygen atoms in total. The van der Waals surface area contributed by atoms with Crippen molar-refractivity contribution in [1.29, 1.82) is 0 Å². The van der Waals surface area contributed by atoms with Crippen LogP contribution in [-0.2, 0) is 0 Å². The number of hydrogen-bond donors (Lipinski definition) is 3. The third-order valence-electron chi connectivity index (χ3n) is 3.57. The van der Waals surface area contributed by atoms with Gasteiger partial charge in [0.1, 0.15) is 0 Å². The maximum Gasteiger partial charge on any atom is 0.323 e. The molecule has 0 bridgehead atoms. The lowest BCUT2D eigenvalue weighted by Gasteiger charge is -2.15. The van der Waals surface area contributed by atoms with E-state index in [9.17, 15) is 4.79 Å². The lowest BCUT2D eigenvalue weighted by molar-refractivity contribution is 0.804. The van der Waals surface area contributed by atoms with E-state index in [1.807, 2.05) is 18.2 Å². The maximum absolute atomic E-state index is 11.3. The summed E-state index contributed by atoms with van der Waals surface area (Å²) < 4.78 is 0.936. The third-order valence-corrected chi connectivity index (χ3v) is 4.23. The SMILES string of the molecule is CC(CNc1cc2[nH]c(=O)[nH]c2cc1Br)c1ccccc1. The van der Waals surface area contributed by atoms with Crippen molar-refractivity contribution in [3.05, 3.63) is 63.0 Å². The van der Waals surface area contributed by atoms with Crippen LogP contribution in [0, 0.1) is 0 Å². The summed E-state index contributed by atoms with van der Waals surface area (Å²) in [6.45, 7) is 3.01. The van der Waals surface area contributed by atoms with E-state index in [1.165, 1.54) is 5.56 Å². The van der Waals surface area contributed by atoms with Gasteiger partial charge in [-0.05, 0) is 39.5 Å². The first-order valence-electron chi connectivity index (χ1n) is 6.84. The van der Waals surface area contributed by atoms with Gasteiger partial charge in [-0.25, -0.2) is 4.79 Å². The molecule has 5 heteroatoms. The lowest BCUT2D eigenvalue weighted by atomic mass is 10.0. The minimum atomic E-state index is -0.188. The van der Waals surface area contributed by atoms with Crippen LogP contribution in [0.5, 0.6) is 0 Å². The third kappa shape index (κ3) is 3.03. The van der Waals surface area contributed by atoms with Gasteiger partial charge in [-0.15, -0.1) is 0 Å². The normalized spacial score (nSPS) is 12.5. The summed E-state index contributed by atoms with van der Waals surface area (Å²) in [5.41, 5.74) is 3.69. The fraction of sp³-hybridized carbons (Fsp3) is 0.188. The highest BCUT2D eigenvalue weighted by Gasteiger charge is 2.08.